The van der Waals surface area contributed by atoms with Crippen molar-refractivity contribution in [3.63, 3.8) is 0 Å². The second-order valence-electron chi connectivity index (χ2n) is 4.11. The zero-order valence-corrected chi connectivity index (χ0v) is 13.0. The molecule has 0 fully saturated rings. The van der Waals surface area contributed by atoms with Crippen LogP contribution in [0.5, 0.6) is 0 Å². The van der Waals surface area contributed by atoms with Crippen LogP contribution >= 0.6 is 11.3 Å². The summed E-state index contributed by atoms with van der Waals surface area (Å²) in [7, 11) is -2.66. The third kappa shape index (κ3) is 3.63. The van der Waals surface area contributed by atoms with Crippen molar-refractivity contribution in [1.82, 2.24) is 14.7 Å². The summed E-state index contributed by atoms with van der Waals surface area (Å²) in [5, 5.41) is 0. The summed E-state index contributed by atoms with van der Waals surface area (Å²) in [4.78, 5) is 19.3. The highest BCUT2D eigenvalue weighted by Crippen LogP contribution is 2.20. The second-order valence-corrected chi connectivity index (χ2v) is 6.93. The van der Waals surface area contributed by atoms with E-state index in [2.05, 4.69) is 19.4 Å². The average molecular weight is 327 g/mol. The molecule has 7 nitrogen and oxygen atoms in total. The Morgan fingerprint density at radius 3 is 2.76 bits per heavy atom. The molecule has 0 atom stereocenters. The van der Waals surface area contributed by atoms with Gasteiger partial charge in [-0.3, -0.25) is 4.98 Å². The standard InChI is InChI=1S/C12H13N3O4S2/c1-8-3-4-9(5-13-8)6-15-21(17,18)12-10(11(16)19-2)14-7-20-12/h3-5,7,15H,6H2,1-2H3. The molecule has 112 valence electrons. The molecule has 0 amide bonds. The fourth-order valence-corrected chi connectivity index (χ4v) is 3.70. The summed E-state index contributed by atoms with van der Waals surface area (Å²) >= 11 is 0.860. The van der Waals surface area contributed by atoms with Gasteiger partial charge in [0, 0.05) is 18.4 Å². The van der Waals surface area contributed by atoms with Crippen LogP contribution in [-0.2, 0) is 21.3 Å². The third-order valence-corrected chi connectivity index (χ3v) is 5.37. The number of esters is 1. The van der Waals surface area contributed by atoms with E-state index >= 15 is 0 Å². The fraction of sp³-hybridized carbons (Fsp3) is 0.250. The van der Waals surface area contributed by atoms with E-state index in [4.69, 9.17) is 0 Å². The van der Waals surface area contributed by atoms with Gasteiger partial charge < -0.3 is 4.74 Å². The lowest BCUT2D eigenvalue weighted by Gasteiger charge is -2.06. The fourth-order valence-electron chi connectivity index (χ4n) is 1.51. The number of nitrogens with one attached hydrogen (secondary N) is 1. The molecule has 0 unspecified atom stereocenters. The molecule has 2 rings (SSSR count). The minimum atomic E-state index is -3.83. The Labute approximate surface area is 126 Å². The zero-order valence-electron chi connectivity index (χ0n) is 11.4. The van der Waals surface area contributed by atoms with Crippen molar-refractivity contribution in [3.05, 3.63) is 40.8 Å². The molecular formula is C12H13N3O4S2. The van der Waals surface area contributed by atoms with Crippen molar-refractivity contribution in [2.24, 2.45) is 0 Å². The van der Waals surface area contributed by atoms with Gasteiger partial charge in [0.2, 0.25) is 0 Å². The van der Waals surface area contributed by atoms with E-state index in [1.165, 1.54) is 12.6 Å². The maximum Gasteiger partial charge on any atom is 0.358 e. The van der Waals surface area contributed by atoms with Crippen LogP contribution in [0.2, 0.25) is 0 Å². The molecule has 0 spiro atoms. The molecule has 2 aromatic rings. The van der Waals surface area contributed by atoms with E-state index in [1.54, 1.807) is 18.3 Å². The van der Waals surface area contributed by atoms with Crippen molar-refractivity contribution in [2.75, 3.05) is 7.11 Å². The van der Waals surface area contributed by atoms with Crippen molar-refractivity contribution in [3.8, 4) is 0 Å². The first-order valence-corrected chi connectivity index (χ1v) is 8.23. The van der Waals surface area contributed by atoms with Crippen LogP contribution in [-0.4, -0.2) is 31.5 Å². The largest absolute Gasteiger partial charge is 0.464 e. The van der Waals surface area contributed by atoms with Gasteiger partial charge in [0.25, 0.3) is 10.0 Å². The molecule has 2 heterocycles. The summed E-state index contributed by atoms with van der Waals surface area (Å²) in [6, 6.07) is 3.56. The van der Waals surface area contributed by atoms with Crippen molar-refractivity contribution < 1.29 is 17.9 Å². The van der Waals surface area contributed by atoms with Crippen LogP contribution in [0.25, 0.3) is 0 Å². The van der Waals surface area contributed by atoms with Gasteiger partial charge in [-0.15, -0.1) is 11.3 Å². The first-order chi connectivity index (χ1) is 9.94. The molecule has 2 aromatic heterocycles. The SMILES string of the molecule is COC(=O)c1ncsc1S(=O)(=O)NCc1ccc(C)nc1. The number of hydrogen-bond acceptors (Lipinski definition) is 7. The Morgan fingerprint density at radius 2 is 2.14 bits per heavy atom. The van der Waals surface area contributed by atoms with E-state index in [9.17, 15) is 13.2 Å². The van der Waals surface area contributed by atoms with Gasteiger partial charge in [-0.1, -0.05) is 6.07 Å². The quantitative estimate of drug-likeness (QED) is 0.826. The molecular weight excluding hydrogens is 314 g/mol. The lowest BCUT2D eigenvalue weighted by atomic mass is 10.2. The molecule has 1 N–H and O–H groups in total. The number of ether oxygens (including phenoxy) is 1. The highest BCUT2D eigenvalue weighted by atomic mass is 32.2. The number of methoxy groups -OCH3 is 1. The van der Waals surface area contributed by atoms with Crippen LogP contribution in [0, 0.1) is 6.92 Å². The summed E-state index contributed by atoms with van der Waals surface area (Å²) < 4.78 is 31.2. The van der Waals surface area contributed by atoms with Crippen LogP contribution in [0.3, 0.4) is 0 Å². The molecule has 9 heteroatoms. The first-order valence-electron chi connectivity index (χ1n) is 5.87. The molecule has 0 saturated heterocycles. The number of pyridine rings is 1. The Bertz CT molecular complexity index is 738. The van der Waals surface area contributed by atoms with E-state index in [0.29, 0.717) is 5.56 Å². The molecule has 0 bridgehead atoms. The molecule has 0 aliphatic heterocycles. The lowest BCUT2D eigenvalue weighted by Crippen LogP contribution is -2.24. The van der Waals surface area contributed by atoms with Crippen LogP contribution in [0.15, 0.2) is 28.0 Å². The van der Waals surface area contributed by atoms with Gasteiger partial charge in [-0.2, -0.15) is 0 Å². The number of carbonyl (C=O) groups is 1. The molecule has 0 saturated carbocycles. The minimum absolute atomic E-state index is 0.0775. The number of carbonyl (C=O) groups excluding carboxylic acids is 1. The second kappa shape index (κ2) is 6.29. The Kier molecular flexibility index (Phi) is 4.66. The van der Waals surface area contributed by atoms with Gasteiger partial charge in [0.05, 0.1) is 12.6 Å². The van der Waals surface area contributed by atoms with Crippen molar-refractivity contribution in [2.45, 2.75) is 17.7 Å². The normalized spacial score (nSPS) is 11.3. The van der Waals surface area contributed by atoms with Crippen molar-refractivity contribution >= 4 is 27.3 Å². The summed E-state index contributed by atoms with van der Waals surface area (Å²) in [6.07, 6.45) is 1.59. The Hall–Kier alpha value is -1.84. The van der Waals surface area contributed by atoms with Gasteiger partial charge in [-0.05, 0) is 18.6 Å². The monoisotopic (exact) mass is 327 g/mol. The summed E-state index contributed by atoms with van der Waals surface area (Å²) in [5.74, 6) is -0.784. The average Bonchev–Trinajstić information content (AvgIpc) is 2.96. The summed E-state index contributed by atoms with van der Waals surface area (Å²) in [5.41, 5.74) is 2.64. The minimum Gasteiger partial charge on any atom is -0.464 e. The van der Waals surface area contributed by atoms with E-state index in [0.717, 1.165) is 17.0 Å². The molecule has 21 heavy (non-hydrogen) atoms. The van der Waals surface area contributed by atoms with E-state index in [-0.39, 0.29) is 16.4 Å². The maximum absolute atomic E-state index is 12.2. The van der Waals surface area contributed by atoms with Crippen molar-refractivity contribution in [1.29, 1.82) is 0 Å². The van der Waals surface area contributed by atoms with Crippen LogP contribution < -0.4 is 4.72 Å². The number of aromatic nitrogens is 2. The lowest BCUT2D eigenvalue weighted by molar-refractivity contribution is 0.0590. The van der Waals surface area contributed by atoms with Gasteiger partial charge in [0.1, 0.15) is 0 Å². The predicted octanol–water partition coefficient (Wildman–Crippen LogP) is 1.11. The first kappa shape index (κ1) is 15.5. The summed E-state index contributed by atoms with van der Waals surface area (Å²) in [6.45, 7) is 1.92. The van der Waals surface area contributed by atoms with E-state index < -0.39 is 16.0 Å². The number of thiazole rings is 1. The van der Waals surface area contributed by atoms with Gasteiger partial charge in [0.15, 0.2) is 9.90 Å². The Morgan fingerprint density at radius 1 is 1.38 bits per heavy atom. The van der Waals surface area contributed by atoms with Crippen LogP contribution in [0.1, 0.15) is 21.7 Å². The zero-order chi connectivity index (χ0) is 15.5. The van der Waals surface area contributed by atoms with Gasteiger partial charge in [-0.25, -0.2) is 22.9 Å². The molecule has 0 aromatic carbocycles. The number of aryl methyl sites for hydroxylation is 1. The number of sulfonamides is 1. The Balaban J connectivity index is 2.17. The van der Waals surface area contributed by atoms with Gasteiger partial charge >= 0.3 is 5.97 Å². The molecule has 0 aliphatic carbocycles. The topological polar surface area (TPSA) is 98.2 Å². The number of rotatable bonds is 5. The molecule has 0 aliphatic rings. The number of nitrogens with zero attached hydrogens (tertiary/aromatic N) is 2. The highest BCUT2D eigenvalue weighted by Gasteiger charge is 2.26. The maximum atomic E-state index is 12.2. The smallest absolute Gasteiger partial charge is 0.358 e. The molecule has 0 radical (unpaired) electrons. The number of hydrogen-bond donors (Lipinski definition) is 1. The van der Waals surface area contributed by atoms with E-state index in [1.807, 2.05) is 6.92 Å². The third-order valence-electron chi connectivity index (χ3n) is 2.60. The highest BCUT2D eigenvalue weighted by molar-refractivity contribution is 7.91. The predicted molar refractivity (Wildman–Crippen MR) is 76.5 cm³/mol. The van der Waals surface area contributed by atoms with Crippen LogP contribution in [0.4, 0.5) is 0 Å².